The zero-order chi connectivity index (χ0) is 6.24. The normalized spacial score (nSPS) is 9.75. The molecular weight excluding hydrogens is 100 g/mol. The second-order valence-electron chi connectivity index (χ2n) is 1.71. The topological polar surface area (TPSA) is 24.1 Å². The highest BCUT2D eigenvalue weighted by atomic mass is 14.9. The van der Waals surface area contributed by atoms with Crippen LogP contribution in [0.5, 0.6) is 0 Å². The molecule has 0 amide bonds. The van der Waals surface area contributed by atoms with Gasteiger partial charge in [-0.25, -0.2) is 0 Å². The Kier molecular flexibility index (Phi) is 6.85. The maximum atomic E-state index is 3.51. The van der Waals surface area contributed by atoms with Crippen LogP contribution in [0, 0.1) is 7.05 Å². The van der Waals surface area contributed by atoms with Gasteiger partial charge < -0.3 is 10.6 Å². The van der Waals surface area contributed by atoms with E-state index < -0.39 is 0 Å². The standard InChI is InChI=1S/C6H15N2/c1-3-8-6-4-5-7-2/h7-8H,2-6H2,1H3. The van der Waals surface area contributed by atoms with Gasteiger partial charge in [0.25, 0.3) is 0 Å². The molecule has 0 atom stereocenters. The van der Waals surface area contributed by atoms with Gasteiger partial charge in [-0.3, -0.25) is 0 Å². The Balaban J connectivity index is 2.53. The van der Waals surface area contributed by atoms with Gasteiger partial charge in [0.2, 0.25) is 0 Å². The summed E-state index contributed by atoms with van der Waals surface area (Å²) in [6.07, 6.45) is 1.16. The van der Waals surface area contributed by atoms with Crippen molar-refractivity contribution in [1.29, 1.82) is 0 Å². The minimum absolute atomic E-state index is 1.01. The molecule has 8 heavy (non-hydrogen) atoms. The summed E-state index contributed by atoms with van der Waals surface area (Å²) in [7, 11) is 3.51. The van der Waals surface area contributed by atoms with E-state index in [1.165, 1.54) is 0 Å². The molecule has 0 aliphatic heterocycles. The van der Waals surface area contributed by atoms with Crippen LogP contribution >= 0.6 is 0 Å². The first-order chi connectivity index (χ1) is 3.91. The summed E-state index contributed by atoms with van der Waals surface area (Å²) in [5.74, 6) is 0. The van der Waals surface area contributed by atoms with E-state index in [2.05, 4.69) is 24.6 Å². The molecule has 0 aromatic carbocycles. The first-order valence-corrected chi connectivity index (χ1v) is 3.12. The van der Waals surface area contributed by atoms with Crippen LogP contribution < -0.4 is 10.6 Å². The van der Waals surface area contributed by atoms with E-state index >= 15 is 0 Å². The van der Waals surface area contributed by atoms with Crippen molar-refractivity contribution >= 4 is 0 Å². The average Bonchev–Trinajstić information content (AvgIpc) is 1.81. The van der Waals surface area contributed by atoms with E-state index in [-0.39, 0.29) is 0 Å². The van der Waals surface area contributed by atoms with E-state index in [1.807, 2.05) is 0 Å². The molecule has 2 N–H and O–H groups in total. The largest absolute Gasteiger partial charge is 0.317 e. The van der Waals surface area contributed by atoms with Crippen LogP contribution in [0.4, 0.5) is 0 Å². The Bertz CT molecular complexity index is 31.5. The Morgan fingerprint density at radius 1 is 1.38 bits per heavy atom. The highest BCUT2D eigenvalue weighted by molar-refractivity contribution is 4.46. The Labute approximate surface area is 51.7 Å². The summed E-state index contributed by atoms with van der Waals surface area (Å²) in [5, 5.41) is 6.05. The Morgan fingerprint density at radius 2 is 2.12 bits per heavy atom. The maximum Gasteiger partial charge on any atom is 0.00767 e. The van der Waals surface area contributed by atoms with Gasteiger partial charge in [0.15, 0.2) is 0 Å². The van der Waals surface area contributed by atoms with Gasteiger partial charge in [0.1, 0.15) is 0 Å². The van der Waals surface area contributed by atoms with E-state index in [4.69, 9.17) is 0 Å². The molecule has 0 saturated carbocycles. The van der Waals surface area contributed by atoms with Crippen molar-refractivity contribution in [2.75, 3.05) is 19.6 Å². The van der Waals surface area contributed by atoms with Crippen LogP contribution in [-0.2, 0) is 0 Å². The molecule has 0 heterocycles. The SMILES string of the molecule is [CH2]NCCCNCC. The number of hydrogen-bond acceptors (Lipinski definition) is 2. The minimum Gasteiger partial charge on any atom is -0.317 e. The van der Waals surface area contributed by atoms with Gasteiger partial charge in [-0.15, -0.1) is 0 Å². The molecular formula is C6H15N2. The number of nitrogens with one attached hydrogen (secondary N) is 2. The lowest BCUT2D eigenvalue weighted by molar-refractivity contribution is 0.652. The lowest BCUT2D eigenvalue weighted by Crippen LogP contribution is -2.18. The van der Waals surface area contributed by atoms with E-state index in [0.29, 0.717) is 0 Å². The molecule has 0 aliphatic carbocycles. The monoisotopic (exact) mass is 115 g/mol. The fourth-order valence-electron chi connectivity index (χ4n) is 0.515. The molecule has 1 radical (unpaired) electrons. The predicted octanol–water partition coefficient (Wildman–Crippen LogP) is 0.367. The highest BCUT2D eigenvalue weighted by Crippen LogP contribution is 1.69. The first kappa shape index (κ1) is 7.92. The van der Waals surface area contributed by atoms with Crippen molar-refractivity contribution in [2.24, 2.45) is 0 Å². The lowest BCUT2D eigenvalue weighted by Gasteiger charge is -1.98. The molecule has 0 aliphatic rings. The summed E-state index contributed by atoms with van der Waals surface area (Å²) in [5.41, 5.74) is 0. The first-order valence-electron chi connectivity index (χ1n) is 3.12. The smallest absolute Gasteiger partial charge is 0.00767 e. The van der Waals surface area contributed by atoms with Gasteiger partial charge in [-0.2, -0.15) is 0 Å². The van der Waals surface area contributed by atoms with Gasteiger partial charge in [0.05, 0.1) is 0 Å². The van der Waals surface area contributed by atoms with Gasteiger partial charge in [-0.05, 0) is 26.1 Å². The van der Waals surface area contributed by atoms with Gasteiger partial charge in [-0.1, -0.05) is 6.92 Å². The van der Waals surface area contributed by atoms with Crippen LogP contribution in [0.1, 0.15) is 13.3 Å². The zero-order valence-electron chi connectivity index (χ0n) is 5.54. The van der Waals surface area contributed by atoms with Crippen molar-refractivity contribution in [2.45, 2.75) is 13.3 Å². The molecule has 0 spiro atoms. The second-order valence-corrected chi connectivity index (χ2v) is 1.71. The third kappa shape index (κ3) is 5.92. The summed E-state index contributed by atoms with van der Waals surface area (Å²) in [4.78, 5) is 0. The van der Waals surface area contributed by atoms with Crippen molar-refractivity contribution in [1.82, 2.24) is 10.6 Å². The van der Waals surface area contributed by atoms with E-state index in [1.54, 1.807) is 0 Å². The van der Waals surface area contributed by atoms with Crippen LogP contribution in [0.2, 0.25) is 0 Å². The molecule has 2 heteroatoms. The molecule has 0 bridgehead atoms. The molecule has 0 unspecified atom stereocenters. The molecule has 0 aromatic heterocycles. The molecule has 0 aromatic rings. The Morgan fingerprint density at radius 3 is 2.62 bits per heavy atom. The summed E-state index contributed by atoms with van der Waals surface area (Å²) in [6.45, 7) is 5.28. The zero-order valence-corrected chi connectivity index (χ0v) is 5.54. The van der Waals surface area contributed by atoms with Gasteiger partial charge in [0, 0.05) is 7.05 Å². The fourth-order valence-corrected chi connectivity index (χ4v) is 0.515. The third-order valence-electron chi connectivity index (χ3n) is 0.957. The molecule has 49 valence electrons. The van der Waals surface area contributed by atoms with E-state index in [9.17, 15) is 0 Å². The van der Waals surface area contributed by atoms with Gasteiger partial charge >= 0.3 is 0 Å². The van der Waals surface area contributed by atoms with Crippen molar-refractivity contribution in [3.8, 4) is 0 Å². The quantitative estimate of drug-likeness (QED) is 0.506. The van der Waals surface area contributed by atoms with Crippen molar-refractivity contribution < 1.29 is 0 Å². The van der Waals surface area contributed by atoms with E-state index in [0.717, 1.165) is 26.1 Å². The third-order valence-corrected chi connectivity index (χ3v) is 0.957. The highest BCUT2D eigenvalue weighted by Gasteiger charge is 1.80. The van der Waals surface area contributed by atoms with Crippen LogP contribution in [0.3, 0.4) is 0 Å². The molecule has 2 nitrogen and oxygen atoms in total. The predicted molar refractivity (Wildman–Crippen MR) is 36.5 cm³/mol. The second kappa shape index (κ2) is 6.92. The lowest BCUT2D eigenvalue weighted by atomic mass is 10.4. The van der Waals surface area contributed by atoms with Crippen molar-refractivity contribution in [3.05, 3.63) is 7.05 Å². The summed E-state index contributed by atoms with van der Waals surface area (Å²) < 4.78 is 0. The number of hydrogen-bond donors (Lipinski definition) is 2. The molecule has 0 saturated heterocycles. The Hall–Kier alpha value is -0.0800. The minimum atomic E-state index is 1.01. The molecule has 0 rings (SSSR count). The maximum absolute atomic E-state index is 3.51. The summed E-state index contributed by atoms with van der Waals surface area (Å²) in [6, 6.07) is 0. The molecule has 0 fully saturated rings. The van der Waals surface area contributed by atoms with Crippen molar-refractivity contribution in [3.63, 3.8) is 0 Å². The number of rotatable bonds is 5. The van der Waals surface area contributed by atoms with Crippen LogP contribution in [0.25, 0.3) is 0 Å². The van der Waals surface area contributed by atoms with Crippen LogP contribution in [-0.4, -0.2) is 19.6 Å². The summed E-state index contributed by atoms with van der Waals surface area (Å²) >= 11 is 0. The fraction of sp³-hybridized carbons (Fsp3) is 0.833. The average molecular weight is 115 g/mol. The van der Waals surface area contributed by atoms with Crippen LogP contribution in [0.15, 0.2) is 0 Å².